The number of hydrogen-bond acceptors (Lipinski definition) is 3. The molecule has 22 heavy (non-hydrogen) atoms. The first-order valence-corrected chi connectivity index (χ1v) is 8.13. The van der Waals surface area contributed by atoms with Gasteiger partial charge in [0, 0.05) is 48.4 Å². The molecule has 3 rings (SSSR count). The number of halogens is 1. The molecule has 114 valence electrons. The number of benzene rings is 1. The molecule has 5 heteroatoms. The highest BCUT2D eigenvalue weighted by atomic mass is 79.9. The van der Waals surface area contributed by atoms with Crippen LogP contribution in [0.15, 0.2) is 53.3 Å². The van der Waals surface area contributed by atoms with Crippen molar-refractivity contribution < 1.29 is 9.53 Å². The molecule has 1 saturated heterocycles. The maximum absolute atomic E-state index is 12.4. The number of carbonyl (C=O) groups excluding carboxylic acids is 1. The third-order valence-corrected chi connectivity index (χ3v) is 4.30. The fourth-order valence-corrected chi connectivity index (χ4v) is 2.82. The summed E-state index contributed by atoms with van der Waals surface area (Å²) in [4.78, 5) is 18.2. The SMILES string of the molecule is O=C(c1ccncc1)N1CCC(Oc2ccc(Br)cc2)CC1. The topological polar surface area (TPSA) is 42.4 Å². The molecule has 0 saturated carbocycles. The summed E-state index contributed by atoms with van der Waals surface area (Å²) < 4.78 is 7.01. The fourth-order valence-electron chi connectivity index (χ4n) is 2.56. The van der Waals surface area contributed by atoms with Gasteiger partial charge in [-0.1, -0.05) is 15.9 Å². The summed E-state index contributed by atoms with van der Waals surface area (Å²) in [6, 6.07) is 11.4. The molecule has 1 aliphatic heterocycles. The van der Waals surface area contributed by atoms with E-state index in [-0.39, 0.29) is 12.0 Å². The van der Waals surface area contributed by atoms with Crippen molar-refractivity contribution in [1.82, 2.24) is 9.88 Å². The van der Waals surface area contributed by atoms with Crippen LogP contribution in [0, 0.1) is 0 Å². The highest BCUT2D eigenvalue weighted by Gasteiger charge is 2.24. The van der Waals surface area contributed by atoms with Crippen LogP contribution in [0.4, 0.5) is 0 Å². The lowest BCUT2D eigenvalue weighted by atomic mass is 10.1. The maximum Gasteiger partial charge on any atom is 0.253 e. The van der Waals surface area contributed by atoms with Crippen LogP contribution in [-0.2, 0) is 0 Å². The Labute approximate surface area is 138 Å². The van der Waals surface area contributed by atoms with E-state index in [2.05, 4.69) is 20.9 Å². The number of pyridine rings is 1. The predicted octanol–water partition coefficient (Wildman–Crippen LogP) is 3.53. The van der Waals surface area contributed by atoms with E-state index in [0.29, 0.717) is 5.56 Å². The average molecular weight is 361 g/mol. The summed E-state index contributed by atoms with van der Waals surface area (Å²) in [6.45, 7) is 1.45. The van der Waals surface area contributed by atoms with Crippen LogP contribution in [0.5, 0.6) is 5.75 Å². The van der Waals surface area contributed by atoms with E-state index >= 15 is 0 Å². The summed E-state index contributed by atoms with van der Waals surface area (Å²) in [5.74, 6) is 0.951. The van der Waals surface area contributed by atoms with Crippen molar-refractivity contribution in [1.29, 1.82) is 0 Å². The lowest BCUT2D eigenvalue weighted by Gasteiger charge is -2.32. The van der Waals surface area contributed by atoms with Gasteiger partial charge in [0.2, 0.25) is 0 Å². The first-order chi connectivity index (χ1) is 10.7. The quantitative estimate of drug-likeness (QED) is 0.840. The maximum atomic E-state index is 12.4. The van der Waals surface area contributed by atoms with Crippen LogP contribution in [-0.4, -0.2) is 35.0 Å². The number of amides is 1. The van der Waals surface area contributed by atoms with Crippen molar-refractivity contribution in [2.75, 3.05) is 13.1 Å². The van der Waals surface area contributed by atoms with Gasteiger partial charge in [0.1, 0.15) is 11.9 Å². The van der Waals surface area contributed by atoms with Crippen LogP contribution in [0.3, 0.4) is 0 Å². The number of rotatable bonds is 3. The smallest absolute Gasteiger partial charge is 0.253 e. The van der Waals surface area contributed by atoms with E-state index in [9.17, 15) is 4.79 Å². The zero-order chi connectivity index (χ0) is 15.4. The van der Waals surface area contributed by atoms with Crippen LogP contribution >= 0.6 is 15.9 Å². The largest absolute Gasteiger partial charge is 0.490 e. The minimum absolute atomic E-state index is 0.0736. The number of aromatic nitrogens is 1. The number of piperidine rings is 1. The van der Waals surface area contributed by atoms with E-state index in [1.807, 2.05) is 29.2 Å². The Morgan fingerprint density at radius 2 is 1.73 bits per heavy atom. The molecule has 0 spiro atoms. The highest BCUT2D eigenvalue weighted by Crippen LogP contribution is 2.22. The van der Waals surface area contributed by atoms with Crippen LogP contribution in [0.1, 0.15) is 23.2 Å². The second kappa shape index (κ2) is 6.92. The zero-order valence-corrected chi connectivity index (χ0v) is 13.7. The summed E-state index contributed by atoms with van der Waals surface area (Å²) in [7, 11) is 0. The van der Waals surface area contributed by atoms with E-state index in [0.717, 1.165) is 36.2 Å². The first-order valence-electron chi connectivity index (χ1n) is 7.34. The van der Waals surface area contributed by atoms with Gasteiger partial charge < -0.3 is 9.64 Å². The van der Waals surface area contributed by atoms with Crippen molar-refractivity contribution >= 4 is 21.8 Å². The zero-order valence-electron chi connectivity index (χ0n) is 12.1. The Hall–Kier alpha value is -1.88. The van der Waals surface area contributed by atoms with E-state index in [1.54, 1.807) is 24.5 Å². The Kier molecular flexibility index (Phi) is 4.73. The monoisotopic (exact) mass is 360 g/mol. The highest BCUT2D eigenvalue weighted by molar-refractivity contribution is 9.10. The third-order valence-electron chi connectivity index (χ3n) is 3.77. The fraction of sp³-hybridized carbons (Fsp3) is 0.294. The standard InChI is InChI=1S/C17H17BrN2O2/c18-14-1-3-15(4-2-14)22-16-7-11-20(12-8-16)17(21)13-5-9-19-10-6-13/h1-6,9-10,16H,7-8,11-12H2. The van der Waals surface area contributed by atoms with Crippen LogP contribution in [0.25, 0.3) is 0 Å². The van der Waals surface area contributed by atoms with Gasteiger partial charge in [-0.15, -0.1) is 0 Å². The van der Waals surface area contributed by atoms with E-state index < -0.39 is 0 Å². The summed E-state index contributed by atoms with van der Waals surface area (Å²) in [5, 5.41) is 0. The van der Waals surface area contributed by atoms with E-state index in [4.69, 9.17) is 4.74 Å². The third kappa shape index (κ3) is 3.65. The lowest BCUT2D eigenvalue weighted by molar-refractivity contribution is 0.0595. The molecule has 0 N–H and O–H groups in total. The normalized spacial score (nSPS) is 15.6. The molecule has 4 nitrogen and oxygen atoms in total. The van der Waals surface area contributed by atoms with Gasteiger partial charge in [-0.2, -0.15) is 0 Å². The molecule has 1 amide bonds. The Bertz CT molecular complexity index is 623. The van der Waals surface area contributed by atoms with Gasteiger partial charge in [0.25, 0.3) is 5.91 Å². The molecule has 0 bridgehead atoms. The molecular formula is C17H17BrN2O2. The molecule has 1 fully saturated rings. The second-order valence-corrected chi connectivity index (χ2v) is 6.21. The Morgan fingerprint density at radius 1 is 1.09 bits per heavy atom. The molecule has 2 heterocycles. The van der Waals surface area contributed by atoms with Gasteiger partial charge in [0.05, 0.1) is 0 Å². The number of ether oxygens (including phenoxy) is 1. The molecule has 0 unspecified atom stereocenters. The van der Waals surface area contributed by atoms with Gasteiger partial charge >= 0.3 is 0 Å². The molecule has 0 aliphatic carbocycles. The Morgan fingerprint density at radius 3 is 2.36 bits per heavy atom. The first kappa shape index (κ1) is 15.0. The molecule has 1 aliphatic rings. The Balaban J connectivity index is 1.54. The number of carbonyl (C=O) groups is 1. The van der Waals surface area contributed by atoms with Crippen LogP contribution < -0.4 is 4.74 Å². The van der Waals surface area contributed by atoms with Crippen molar-refractivity contribution in [2.24, 2.45) is 0 Å². The van der Waals surface area contributed by atoms with Crippen molar-refractivity contribution in [3.63, 3.8) is 0 Å². The summed E-state index contributed by atoms with van der Waals surface area (Å²) in [6.07, 6.45) is 5.18. The molecule has 1 aromatic heterocycles. The van der Waals surface area contributed by atoms with Gasteiger partial charge in [-0.3, -0.25) is 9.78 Å². The molecule has 1 aromatic carbocycles. The number of nitrogens with zero attached hydrogens (tertiary/aromatic N) is 2. The van der Waals surface area contributed by atoms with Crippen molar-refractivity contribution in [3.05, 3.63) is 58.8 Å². The molecular weight excluding hydrogens is 344 g/mol. The number of hydrogen-bond donors (Lipinski definition) is 0. The van der Waals surface area contributed by atoms with Gasteiger partial charge in [0.15, 0.2) is 0 Å². The minimum Gasteiger partial charge on any atom is -0.490 e. The number of likely N-dealkylation sites (tertiary alicyclic amines) is 1. The van der Waals surface area contributed by atoms with Crippen molar-refractivity contribution in [3.8, 4) is 5.75 Å². The second-order valence-electron chi connectivity index (χ2n) is 5.30. The molecule has 0 atom stereocenters. The average Bonchev–Trinajstić information content (AvgIpc) is 2.58. The van der Waals surface area contributed by atoms with Crippen molar-refractivity contribution in [2.45, 2.75) is 18.9 Å². The lowest BCUT2D eigenvalue weighted by Crippen LogP contribution is -2.41. The minimum atomic E-state index is 0.0736. The predicted molar refractivity (Wildman–Crippen MR) is 87.9 cm³/mol. The molecule has 0 radical (unpaired) electrons. The van der Waals surface area contributed by atoms with Gasteiger partial charge in [-0.05, 0) is 36.4 Å². The van der Waals surface area contributed by atoms with Gasteiger partial charge in [-0.25, -0.2) is 0 Å². The van der Waals surface area contributed by atoms with Crippen LogP contribution in [0.2, 0.25) is 0 Å². The summed E-state index contributed by atoms with van der Waals surface area (Å²) >= 11 is 3.41. The van der Waals surface area contributed by atoms with E-state index in [1.165, 1.54) is 0 Å². The molecule has 2 aromatic rings. The summed E-state index contributed by atoms with van der Waals surface area (Å²) in [5.41, 5.74) is 0.697.